The van der Waals surface area contributed by atoms with Gasteiger partial charge in [-0.2, -0.15) is 5.10 Å². The van der Waals surface area contributed by atoms with Crippen molar-refractivity contribution in [2.75, 3.05) is 0 Å². The molecule has 0 aromatic carbocycles. The Morgan fingerprint density at radius 1 is 1.50 bits per heavy atom. The molecule has 1 aliphatic heterocycles. The van der Waals surface area contributed by atoms with Crippen LogP contribution in [0, 0.1) is 5.92 Å². The molecule has 3 rings (SSSR count). The summed E-state index contributed by atoms with van der Waals surface area (Å²) in [6.07, 6.45) is 5.97. The molecule has 1 aromatic heterocycles. The Kier molecular flexibility index (Phi) is 2.21. The predicted octanol–water partition coefficient (Wildman–Crippen LogP) is 2.06. The molecular weight excluding hydrogens is 270 g/mol. The van der Waals surface area contributed by atoms with Crippen LogP contribution in [-0.4, -0.2) is 16.6 Å². The molecule has 0 bridgehead atoms. The lowest BCUT2D eigenvalue weighted by atomic mass is 10.1. The predicted molar refractivity (Wildman–Crippen MR) is 64.8 cm³/mol. The van der Waals surface area contributed by atoms with Gasteiger partial charge in [0.25, 0.3) is 5.91 Å². The molecule has 0 spiro atoms. The van der Waals surface area contributed by atoms with Gasteiger partial charge in [0.15, 0.2) is 0 Å². The maximum absolute atomic E-state index is 11.6. The van der Waals surface area contributed by atoms with Gasteiger partial charge >= 0.3 is 0 Å². The second kappa shape index (κ2) is 3.59. The fraction of sp³-hybridized carbons (Fsp3) is 0.273. The quantitative estimate of drug-likeness (QED) is 0.800. The van der Waals surface area contributed by atoms with Gasteiger partial charge in [0, 0.05) is 22.3 Å². The lowest BCUT2D eigenvalue weighted by molar-refractivity contribution is -0.116. The van der Waals surface area contributed by atoms with E-state index in [0.717, 1.165) is 28.7 Å². The van der Waals surface area contributed by atoms with Crippen molar-refractivity contribution < 1.29 is 4.79 Å². The van der Waals surface area contributed by atoms with Gasteiger partial charge in [-0.25, -0.2) is 5.43 Å². The van der Waals surface area contributed by atoms with E-state index in [1.807, 2.05) is 18.3 Å². The fourth-order valence-electron chi connectivity index (χ4n) is 1.78. The molecule has 0 atom stereocenters. The van der Waals surface area contributed by atoms with Crippen LogP contribution in [0.15, 0.2) is 27.4 Å². The van der Waals surface area contributed by atoms with Crippen molar-refractivity contribution in [2.45, 2.75) is 12.8 Å². The molecule has 16 heavy (non-hydrogen) atoms. The third-order valence-electron chi connectivity index (χ3n) is 2.73. The third kappa shape index (κ3) is 1.71. The summed E-state index contributed by atoms with van der Waals surface area (Å²) >= 11 is 3.36. The first-order chi connectivity index (χ1) is 7.74. The normalized spacial score (nSPS) is 22.4. The summed E-state index contributed by atoms with van der Waals surface area (Å²) in [5.74, 6) is 0.372. The van der Waals surface area contributed by atoms with Gasteiger partial charge in [0.2, 0.25) is 0 Å². The highest BCUT2D eigenvalue weighted by Gasteiger charge is 2.35. The molecular formula is C11H10BrN3O. The summed E-state index contributed by atoms with van der Waals surface area (Å²) < 4.78 is 0.975. The molecule has 2 N–H and O–H groups in total. The number of aromatic amines is 1. The van der Waals surface area contributed by atoms with Crippen LogP contribution >= 0.6 is 15.9 Å². The van der Waals surface area contributed by atoms with Crippen LogP contribution in [0.25, 0.3) is 6.08 Å². The maximum Gasteiger partial charge on any atom is 0.273 e. The SMILES string of the molecule is O=C1NN=C(C2CC2)/C1=C\c1cc(Br)c[nH]1. The largest absolute Gasteiger partial charge is 0.361 e. The van der Waals surface area contributed by atoms with Crippen LogP contribution in [0.1, 0.15) is 18.5 Å². The zero-order valence-corrected chi connectivity index (χ0v) is 10.0. The summed E-state index contributed by atoms with van der Waals surface area (Å²) in [6, 6.07) is 1.93. The van der Waals surface area contributed by atoms with Crippen LogP contribution in [0.4, 0.5) is 0 Å². The maximum atomic E-state index is 11.6. The average molecular weight is 280 g/mol. The number of hydrogen-bond donors (Lipinski definition) is 2. The fourth-order valence-corrected chi connectivity index (χ4v) is 2.14. The second-order valence-electron chi connectivity index (χ2n) is 4.04. The lowest BCUT2D eigenvalue weighted by Gasteiger charge is -1.96. The number of carbonyl (C=O) groups excluding carboxylic acids is 1. The first kappa shape index (κ1) is 9.84. The Morgan fingerprint density at radius 3 is 2.94 bits per heavy atom. The van der Waals surface area contributed by atoms with Crippen molar-refractivity contribution in [1.29, 1.82) is 0 Å². The minimum atomic E-state index is -0.104. The van der Waals surface area contributed by atoms with Gasteiger partial charge in [-0.15, -0.1) is 0 Å². The molecule has 5 heteroatoms. The highest BCUT2D eigenvalue weighted by Crippen LogP contribution is 2.35. The molecule has 0 unspecified atom stereocenters. The standard InChI is InChI=1S/C11H10BrN3O/c12-7-3-8(13-5-7)4-9-10(6-1-2-6)14-15-11(9)16/h3-6,13H,1-2H2,(H,15,16)/b9-4+. The van der Waals surface area contributed by atoms with Crippen molar-refractivity contribution in [3.8, 4) is 0 Å². The summed E-state index contributed by atoms with van der Waals surface area (Å²) in [5.41, 5.74) is 5.04. The number of rotatable bonds is 2. The molecule has 4 nitrogen and oxygen atoms in total. The van der Waals surface area contributed by atoms with Crippen molar-refractivity contribution in [1.82, 2.24) is 10.4 Å². The summed E-state index contributed by atoms with van der Waals surface area (Å²) in [4.78, 5) is 14.7. The number of aromatic nitrogens is 1. The van der Waals surface area contributed by atoms with E-state index >= 15 is 0 Å². The van der Waals surface area contributed by atoms with E-state index in [1.54, 1.807) is 0 Å². The molecule has 1 fully saturated rings. The smallest absolute Gasteiger partial charge is 0.273 e. The van der Waals surface area contributed by atoms with Crippen molar-refractivity contribution in [3.63, 3.8) is 0 Å². The van der Waals surface area contributed by atoms with E-state index in [1.165, 1.54) is 0 Å². The number of halogens is 1. The number of nitrogens with zero attached hydrogens (tertiary/aromatic N) is 1. The first-order valence-corrected chi connectivity index (χ1v) is 5.97. The highest BCUT2D eigenvalue weighted by atomic mass is 79.9. The summed E-state index contributed by atoms with van der Waals surface area (Å²) in [5, 5.41) is 4.09. The van der Waals surface area contributed by atoms with E-state index in [-0.39, 0.29) is 5.91 Å². The molecule has 0 saturated heterocycles. The van der Waals surface area contributed by atoms with Crippen molar-refractivity contribution in [3.05, 3.63) is 28.0 Å². The van der Waals surface area contributed by atoms with Gasteiger partial charge in [0.05, 0.1) is 11.3 Å². The Morgan fingerprint density at radius 2 is 2.31 bits per heavy atom. The van der Waals surface area contributed by atoms with Crippen molar-refractivity contribution in [2.24, 2.45) is 11.0 Å². The molecule has 1 amide bonds. The minimum Gasteiger partial charge on any atom is -0.361 e. The van der Waals surface area contributed by atoms with Gasteiger partial charge < -0.3 is 4.98 Å². The molecule has 82 valence electrons. The van der Waals surface area contributed by atoms with Gasteiger partial charge in [-0.3, -0.25) is 4.79 Å². The third-order valence-corrected chi connectivity index (χ3v) is 3.19. The molecule has 2 heterocycles. The highest BCUT2D eigenvalue weighted by molar-refractivity contribution is 9.10. The molecule has 1 aromatic rings. The van der Waals surface area contributed by atoms with E-state index < -0.39 is 0 Å². The first-order valence-electron chi connectivity index (χ1n) is 5.18. The number of amides is 1. The van der Waals surface area contributed by atoms with Gasteiger partial charge in [0.1, 0.15) is 0 Å². The topological polar surface area (TPSA) is 57.2 Å². The van der Waals surface area contributed by atoms with Crippen LogP contribution in [0.5, 0.6) is 0 Å². The summed E-state index contributed by atoms with van der Waals surface area (Å²) in [6.45, 7) is 0. The Bertz CT molecular complexity index is 511. The lowest BCUT2D eigenvalue weighted by Crippen LogP contribution is -2.13. The van der Waals surface area contributed by atoms with E-state index in [2.05, 4.69) is 31.4 Å². The molecule has 0 radical (unpaired) electrons. The Labute approximate surface area is 101 Å². The molecule has 1 aliphatic carbocycles. The van der Waals surface area contributed by atoms with Crippen LogP contribution in [0.2, 0.25) is 0 Å². The minimum absolute atomic E-state index is 0.104. The number of hydrazone groups is 1. The molecule has 1 saturated carbocycles. The number of carbonyl (C=O) groups is 1. The van der Waals surface area contributed by atoms with Crippen LogP contribution in [0.3, 0.4) is 0 Å². The Balaban J connectivity index is 1.94. The van der Waals surface area contributed by atoms with E-state index in [9.17, 15) is 4.79 Å². The zero-order chi connectivity index (χ0) is 11.1. The van der Waals surface area contributed by atoms with Crippen LogP contribution < -0.4 is 5.43 Å². The average Bonchev–Trinajstić information content (AvgIpc) is 2.93. The number of H-pyrrole nitrogens is 1. The zero-order valence-electron chi connectivity index (χ0n) is 8.46. The molecule has 2 aliphatic rings. The van der Waals surface area contributed by atoms with Gasteiger partial charge in [-0.05, 0) is 40.9 Å². The number of hydrogen-bond acceptors (Lipinski definition) is 2. The number of nitrogens with one attached hydrogen (secondary N) is 2. The Hall–Kier alpha value is -1.36. The van der Waals surface area contributed by atoms with E-state index in [0.29, 0.717) is 11.5 Å². The monoisotopic (exact) mass is 279 g/mol. The van der Waals surface area contributed by atoms with Crippen molar-refractivity contribution >= 4 is 33.6 Å². The summed E-state index contributed by atoms with van der Waals surface area (Å²) in [7, 11) is 0. The second-order valence-corrected chi connectivity index (χ2v) is 4.96. The van der Waals surface area contributed by atoms with Gasteiger partial charge in [-0.1, -0.05) is 0 Å². The van der Waals surface area contributed by atoms with E-state index in [4.69, 9.17) is 0 Å². The van der Waals surface area contributed by atoms with Crippen LogP contribution in [-0.2, 0) is 4.79 Å².